The Kier molecular flexibility index (Phi) is 5.19. The quantitative estimate of drug-likeness (QED) is 0.482. The number of aromatic hydroxyl groups is 1. The zero-order valence-electron chi connectivity index (χ0n) is 14.3. The molecule has 0 aliphatic heterocycles. The van der Waals surface area contributed by atoms with Crippen molar-refractivity contribution in [1.29, 1.82) is 0 Å². The Morgan fingerprint density at radius 2 is 1.69 bits per heavy atom. The number of hydrogen-bond donors (Lipinski definition) is 1. The molecular weight excluding hydrogens is 351 g/mol. The highest BCUT2D eigenvalue weighted by Crippen LogP contribution is 2.25. The zero-order valence-corrected chi connectivity index (χ0v) is 15.1. The first-order valence-corrected chi connectivity index (χ1v) is 8.80. The molecule has 3 rings (SSSR count). The summed E-state index contributed by atoms with van der Waals surface area (Å²) < 4.78 is 18.1. The number of rotatable bonds is 4. The van der Waals surface area contributed by atoms with E-state index >= 15 is 0 Å². The molecule has 0 aliphatic carbocycles. The number of aryl methyl sites for hydroxylation is 2. The summed E-state index contributed by atoms with van der Waals surface area (Å²) in [6.07, 6.45) is 3.84. The molecule has 1 aromatic heterocycles. The maximum absolute atomic E-state index is 12.9. The average Bonchev–Trinajstić information content (AvgIpc) is 3.09. The Bertz CT molecular complexity index is 948. The molecule has 0 saturated heterocycles. The van der Waals surface area contributed by atoms with Crippen molar-refractivity contribution in [2.75, 3.05) is 0 Å². The Morgan fingerprint density at radius 3 is 2.35 bits per heavy atom. The Hall–Kier alpha value is -2.92. The summed E-state index contributed by atoms with van der Waals surface area (Å²) in [7, 11) is 0. The van der Waals surface area contributed by atoms with E-state index in [9.17, 15) is 14.3 Å². The van der Waals surface area contributed by atoms with Gasteiger partial charge in [0.1, 0.15) is 22.2 Å². The van der Waals surface area contributed by atoms with E-state index in [2.05, 4.69) is 0 Å². The van der Waals surface area contributed by atoms with Gasteiger partial charge in [-0.2, -0.15) is 0 Å². The smallest absolute Gasteiger partial charge is 0.353 e. The summed E-state index contributed by atoms with van der Waals surface area (Å²) in [5.74, 6) is -0.244. The third kappa shape index (κ3) is 4.18. The molecule has 5 heteroatoms. The van der Waals surface area contributed by atoms with Crippen molar-refractivity contribution in [3.8, 4) is 11.5 Å². The van der Waals surface area contributed by atoms with Crippen molar-refractivity contribution in [2.45, 2.75) is 13.8 Å². The van der Waals surface area contributed by atoms with Gasteiger partial charge in [0.15, 0.2) is 0 Å². The SMILES string of the molecule is Cc1cc(/C=C/c2ccc(C(=O)Oc3ccc(F)cc3)s2)cc(C)c1O. The van der Waals surface area contributed by atoms with Crippen LogP contribution in [0.25, 0.3) is 12.2 Å². The summed E-state index contributed by atoms with van der Waals surface area (Å²) in [4.78, 5) is 13.5. The number of halogens is 1. The number of thiophene rings is 1. The molecule has 0 bridgehead atoms. The second-order valence-electron chi connectivity index (χ2n) is 5.88. The lowest BCUT2D eigenvalue weighted by Gasteiger charge is -2.04. The third-order valence-electron chi connectivity index (χ3n) is 3.81. The van der Waals surface area contributed by atoms with Crippen molar-refractivity contribution >= 4 is 29.5 Å². The van der Waals surface area contributed by atoms with Crippen LogP contribution in [0.3, 0.4) is 0 Å². The maximum Gasteiger partial charge on any atom is 0.353 e. The average molecular weight is 368 g/mol. The van der Waals surface area contributed by atoms with E-state index in [0.29, 0.717) is 16.4 Å². The van der Waals surface area contributed by atoms with Gasteiger partial charge in [-0.1, -0.05) is 6.08 Å². The van der Waals surface area contributed by atoms with Crippen LogP contribution in [0.5, 0.6) is 11.5 Å². The van der Waals surface area contributed by atoms with Crippen LogP contribution in [-0.4, -0.2) is 11.1 Å². The van der Waals surface area contributed by atoms with E-state index in [1.807, 2.05) is 44.2 Å². The van der Waals surface area contributed by atoms with Gasteiger partial charge in [0.25, 0.3) is 0 Å². The van der Waals surface area contributed by atoms with Gasteiger partial charge in [0.05, 0.1) is 0 Å². The van der Waals surface area contributed by atoms with Crippen molar-refractivity contribution in [1.82, 2.24) is 0 Å². The number of phenolic OH excluding ortho intramolecular Hbond substituents is 1. The molecule has 3 nitrogen and oxygen atoms in total. The molecule has 0 aliphatic rings. The largest absolute Gasteiger partial charge is 0.507 e. The molecule has 0 atom stereocenters. The van der Waals surface area contributed by atoms with E-state index in [-0.39, 0.29) is 5.82 Å². The van der Waals surface area contributed by atoms with Gasteiger partial charge in [-0.05, 0) is 85.1 Å². The fraction of sp³-hybridized carbons (Fsp3) is 0.0952. The Balaban J connectivity index is 1.71. The predicted molar refractivity (Wildman–Crippen MR) is 102 cm³/mol. The van der Waals surface area contributed by atoms with Crippen LogP contribution < -0.4 is 4.74 Å². The van der Waals surface area contributed by atoms with Gasteiger partial charge in [-0.25, -0.2) is 9.18 Å². The molecule has 3 aromatic rings. The minimum Gasteiger partial charge on any atom is -0.507 e. The number of hydrogen-bond acceptors (Lipinski definition) is 4. The highest BCUT2D eigenvalue weighted by atomic mass is 32.1. The van der Waals surface area contributed by atoms with Crippen molar-refractivity contribution in [3.05, 3.63) is 80.8 Å². The first kappa shape index (κ1) is 17.9. The van der Waals surface area contributed by atoms with E-state index in [4.69, 9.17) is 4.74 Å². The van der Waals surface area contributed by atoms with Crippen LogP contribution in [0.15, 0.2) is 48.5 Å². The second kappa shape index (κ2) is 7.54. The summed E-state index contributed by atoms with van der Waals surface area (Å²) in [5.41, 5.74) is 2.61. The molecule has 0 fully saturated rings. The Labute approximate surface area is 155 Å². The predicted octanol–water partition coefficient (Wildman–Crippen LogP) is 5.60. The monoisotopic (exact) mass is 368 g/mol. The van der Waals surface area contributed by atoms with Gasteiger partial charge in [0, 0.05) is 4.88 Å². The fourth-order valence-corrected chi connectivity index (χ4v) is 3.26. The van der Waals surface area contributed by atoms with Crippen LogP contribution in [-0.2, 0) is 0 Å². The second-order valence-corrected chi connectivity index (χ2v) is 7.00. The molecular formula is C21H17FO3S. The summed E-state index contributed by atoms with van der Waals surface area (Å²) in [6.45, 7) is 3.71. The summed E-state index contributed by atoms with van der Waals surface area (Å²) in [5, 5.41) is 9.82. The number of carbonyl (C=O) groups is 1. The first-order chi connectivity index (χ1) is 12.4. The third-order valence-corrected chi connectivity index (χ3v) is 4.84. The fourth-order valence-electron chi connectivity index (χ4n) is 2.48. The molecule has 0 amide bonds. The number of esters is 1. The van der Waals surface area contributed by atoms with Crippen molar-refractivity contribution in [3.63, 3.8) is 0 Å². The molecule has 0 unspecified atom stereocenters. The lowest BCUT2D eigenvalue weighted by atomic mass is 10.1. The van der Waals surface area contributed by atoms with E-state index in [0.717, 1.165) is 21.6 Å². The molecule has 0 radical (unpaired) electrons. The van der Waals surface area contributed by atoms with E-state index < -0.39 is 5.97 Å². The van der Waals surface area contributed by atoms with Crippen LogP contribution in [0.4, 0.5) is 4.39 Å². The van der Waals surface area contributed by atoms with E-state index in [1.54, 1.807) is 6.07 Å². The highest BCUT2D eigenvalue weighted by Gasteiger charge is 2.11. The van der Waals surface area contributed by atoms with Crippen molar-refractivity contribution < 1.29 is 19.0 Å². The van der Waals surface area contributed by atoms with E-state index in [1.165, 1.54) is 35.6 Å². The minimum atomic E-state index is -0.474. The van der Waals surface area contributed by atoms with Crippen LogP contribution in [0, 0.1) is 19.7 Å². The van der Waals surface area contributed by atoms with Gasteiger partial charge < -0.3 is 9.84 Å². The summed E-state index contributed by atoms with van der Waals surface area (Å²) in [6, 6.07) is 12.6. The summed E-state index contributed by atoms with van der Waals surface area (Å²) >= 11 is 1.31. The molecule has 26 heavy (non-hydrogen) atoms. The zero-order chi connectivity index (χ0) is 18.7. The number of carbonyl (C=O) groups excluding carboxylic acids is 1. The molecule has 0 saturated carbocycles. The topological polar surface area (TPSA) is 46.5 Å². The molecule has 132 valence electrons. The molecule has 0 spiro atoms. The lowest BCUT2D eigenvalue weighted by molar-refractivity contribution is 0.0739. The van der Waals surface area contributed by atoms with Crippen molar-refractivity contribution in [2.24, 2.45) is 0 Å². The van der Waals surface area contributed by atoms with Gasteiger partial charge >= 0.3 is 5.97 Å². The van der Waals surface area contributed by atoms with Gasteiger partial charge in [-0.3, -0.25) is 0 Å². The highest BCUT2D eigenvalue weighted by molar-refractivity contribution is 7.14. The minimum absolute atomic E-state index is 0.303. The first-order valence-electron chi connectivity index (χ1n) is 7.98. The number of phenols is 1. The Morgan fingerprint density at radius 1 is 1.04 bits per heavy atom. The normalized spacial score (nSPS) is 11.0. The molecule has 2 aromatic carbocycles. The number of ether oxygens (including phenoxy) is 1. The van der Waals surface area contributed by atoms with Crippen LogP contribution in [0.1, 0.15) is 31.2 Å². The molecule has 1 heterocycles. The standard InChI is InChI=1S/C21H17FO3S/c1-13-11-15(12-14(2)20(13)23)3-8-18-9-10-19(26-18)21(24)25-17-6-4-16(22)5-7-17/h3-12,23H,1-2H3/b8-3+. The van der Waals surface area contributed by atoms with Gasteiger partial charge in [-0.15, -0.1) is 11.3 Å². The van der Waals surface area contributed by atoms with Gasteiger partial charge in [0.2, 0.25) is 0 Å². The maximum atomic E-state index is 12.9. The van der Waals surface area contributed by atoms with Crippen LogP contribution >= 0.6 is 11.3 Å². The van der Waals surface area contributed by atoms with Crippen LogP contribution in [0.2, 0.25) is 0 Å². The molecule has 1 N–H and O–H groups in total. The lowest BCUT2D eigenvalue weighted by Crippen LogP contribution is -2.06. The number of benzene rings is 2.